The zero-order valence-electron chi connectivity index (χ0n) is 10.00. The van der Waals surface area contributed by atoms with Gasteiger partial charge in [0, 0.05) is 5.02 Å². The molecule has 0 spiro atoms. The second-order valence-electron chi connectivity index (χ2n) is 4.41. The van der Waals surface area contributed by atoms with E-state index in [0.29, 0.717) is 0 Å². The minimum Gasteiger partial charge on any atom is -0.292 e. The van der Waals surface area contributed by atoms with Crippen LogP contribution in [0.3, 0.4) is 0 Å². The lowest BCUT2D eigenvalue weighted by Gasteiger charge is -2.29. The molecule has 0 aliphatic carbocycles. The number of hydrogen-bond donors (Lipinski definition) is 0. The highest BCUT2D eigenvalue weighted by molar-refractivity contribution is 6.30. The van der Waals surface area contributed by atoms with Crippen molar-refractivity contribution in [3.8, 4) is 6.07 Å². The van der Waals surface area contributed by atoms with E-state index in [1.165, 1.54) is 5.56 Å². The van der Waals surface area contributed by atoms with Gasteiger partial charge in [-0.2, -0.15) is 5.26 Å². The zero-order chi connectivity index (χ0) is 12.2. The van der Waals surface area contributed by atoms with Gasteiger partial charge >= 0.3 is 0 Å². The summed E-state index contributed by atoms with van der Waals surface area (Å²) in [5.41, 5.74) is 0.812. The number of nitriles is 1. The fourth-order valence-electron chi connectivity index (χ4n) is 1.42. The van der Waals surface area contributed by atoms with Gasteiger partial charge in [-0.25, -0.2) is 0 Å². The second-order valence-corrected chi connectivity index (χ2v) is 4.84. The van der Waals surface area contributed by atoms with Crippen molar-refractivity contribution in [2.75, 3.05) is 14.1 Å². The zero-order valence-corrected chi connectivity index (χ0v) is 10.8. The molecule has 16 heavy (non-hydrogen) atoms. The summed E-state index contributed by atoms with van der Waals surface area (Å²) < 4.78 is 0. The quantitative estimate of drug-likeness (QED) is 0.803. The molecule has 0 aliphatic heterocycles. The van der Waals surface area contributed by atoms with Crippen molar-refractivity contribution in [3.63, 3.8) is 0 Å². The van der Waals surface area contributed by atoms with Gasteiger partial charge in [0.1, 0.15) is 5.54 Å². The minimum absolute atomic E-state index is 0.403. The second kappa shape index (κ2) is 5.34. The van der Waals surface area contributed by atoms with Crippen LogP contribution in [-0.2, 0) is 6.42 Å². The van der Waals surface area contributed by atoms with Crippen LogP contribution in [0.2, 0.25) is 5.02 Å². The van der Waals surface area contributed by atoms with E-state index >= 15 is 0 Å². The summed E-state index contributed by atoms with van der Waals surface area (Å²) >= 11 is 5.82. The van der Waals surface area contributed by atoms with Crippen LogP contribution in [0.5, 0.6) is 0 Å². The summed E-state index contributed by atoms with van der Waals surface area (Å²) in [4.78, 5) is 1.96. The Bertz CT molecular complexity index is 378. The summed E-state index contributed by atoms with van der Waals surface area (Å²) in [6.07, 6.45) is 1.71. The molecular formula is C13H17ClN2. The molecule has 1 rings (SSSR count). The molecule has 0 heterocycles. The van der Waals surface area contributed by atoms with E-state index in [-0.39, 0.29) is 0 Å². The Kier molecular flexibility index (Phi) is 4.35. The van der Waals surface area contributed by atoms with Gasteiger partial charge < -0.3 is 0 Å². The van der Waals surface area contributed by atoms with Gasteiger partial charge in [0.2, 0.25) is 0 Å². The molecule has 0 N–H and O–H groups in total. The summed E-state index contributed by atoms with van der Waals surface area (Å²) in [5, 5.41) is 9.91. The Morgan fingerprint density at radius 3 is 2.31 bits per heavy atom. The molecule has 0 bridgehead atoms. The largest absolute Gasteiger partial charge is 0.292 e. The van der Waals surface area contributed by atoms with Crippen LogP contribution in [0.25, 0.3) is 0 Å². The molecular weight excluding hydrogens is 220 g/mol. The Hall–Kier alpha value is -1.04. The van der Waals surface area contributed by atoms with E-state index in [2.05, 4.69) is 6.07 Å². The first kappa shape index (κ1) is 13.0. The first-order valence-corrected chi connectivity index (χ1v) is 5.69. The molecule has 0 amide bonds. The number of nitrogens with zero attached hydrogens (tertiary/aromatic N) is 2. The highest BCUT2D eigenvalue weighted by Crippen LogP contribution is 2.19. The maximum Gasteiger partial charge on any atom is 0.106 e. The van der Waals surface area contributed by atoms with Crippen molar-refractivity contribution in [1.82, 2.24) is 4.90 Å². The van der Waals surface area contributed by atoms with E-state index in [4.69, 9.17) is 16.9 Å². The summed E-state index contributed by atoms with van der Waals surface area (Å²) in [5.74, 6) is 0. The van der Waals surface area contributed by atoms with Gasteiger partial charge in [0.05, 0.1) is 6.07 Å². The van der Waals surface area contributed by atoms with Crippen molar-refractivity contribution in [3.05, 3.63) is 34.9 Å². The third kappa shape index (κ3) is 3.23. The van der Waals surface area contributed by atoms with Crippen LogP contribution >= 0.6 is 11.6 Å². The predicted octanol–water partition coefficient (Wildman–Crippen LogP) is 3.12. The van der Waals surface area contributed by atoms with Gasteiger partial charge in [-0.1, -0.05) is 23.7 Å². The topological polar surface area (TPSA) is 27.0 Å². The van der Waals surface area contributed by atoms with E-state index in [9.17, 15) is 0 Å². The fourth-order valence-corrected chi connectivity index (χ4v) is 1.54. The number of rotatable bonds is 4. The maximum absolute atomic E-state index is 9.17. The molecule has 2 nitrogen and oxygen atoms in total. The van der Waals surface area contributed by atoms with E-state index in [0.717, 1.165) is 17.9 Å². The number of aryl methyl sites for hydroxylation is 1. The van der Waals surface area contributed by atoms with Gasteiger partial charge in [-0.15, -0.1) is 0 Å². The molecule has 0 saturated carbocycles. The Balaban J connectivity index is 2.64. The van der Waals surface area contributed by atoms with Crippen LogP contribution in [-0.4, -0.2) is 24.5 Å². The fraction of sp³-hybridized carbons (Fsp3) is 0.462. The van der Waals surface area contributed by atoms with Crippen LogP contribution in [0.4, 0.5) is 0 Å². The van der Waals surface area contributed by atoms with Gasteiger partial charge in [-0.3, -0.25) is 4.90 Å². The van der Waals surface area contributed by atoms with Crippen LogP contribution in [0.1, 0.15) is 18.9 Å². The first-order chi connectivity index (χ1) is 7.48. The molecule has 1 aromatic rings. The Morgan fingerprint density at radius 2 is 1.88 bits per heavy atom. The first-order valence-electron chi connectivity index (χ1n) is 5.31. The maximum atomic E-state index is 9.17. The lowest BCUT2D eigenvalue weighted by Crippen LogP contribution is -2.40. The molecule has 1 unspecified atom stereocenters. The molecule has 3 heteroatoms. The summed E-state index contributed by atoms with van der Waals surface area (Å²) in [6.45, 7) is 1.96. The number of halogens is 1. The van der Waals surface area contributed by atoms with Crippen LogP contribution in [0.15, 0.2) is 24.3 Å². The lowest BCUT2D eigenvalue weighted by atomic mass is 9.94. The molecule has 1 atom stereocenters. The van der Waals surface area contributed by atoms with Crippen molar-refractivity contribution in [2.24, 2.45) is 0 Å². The molecule has 0 fully saturated rings. The van der Waals surface area contributed by atoms with Crippen molar-refractivity contribution in [1.29, 1.82) is 5.26 Å². The highest BCUT2D eigenvalue weighted by Gasteiger charge is 2.25. The summed E-state index contributed by atoms with van der Waals surface area (Å²) in [6, 6.07) is 10.1. The highest BCUT2D eigenvalue weighted by atomic mass is 35.5. The normalized spacial score (nSPS) is 14.5. The lowest BCUT2D eigenvalue weighted by molar-refractivity contribution is 0.224. The molecule has 0 aromatic heterocycles. The standard InChI is InChI=1S/C13H17ClN2/c1-13(10-15,16(2)3)9-8-11-4-6-12(14)7-5-11/h4-7H,8-9H2,1-3H3. The number of benzene rings is 1. The van der Waals surface area contributed by atoms with Crippen LogP contribution in [0, 0.1) is 11.3 Å². The molecule has 86 valence electrons. The van der Waals surface area contributed by atoms with Gasteiger partial charge in [0.25, 0.3) is 0 Å². The van der Waals surface area contributed by atoms with E-state index in [1.807, 2.05) is 50.2 Å². The van der Waals surface area contributed by atoms with Crippen molar-refractivity contribution in [2.45, 2.75) is 25.3 Å². The number of hydrogen-bond acceptors (Lipinski definition) is 2. The Labute approximate surface area is 102 Å². The van der Waals surface area contributed by atoms with E-state index < -0.39 is 5.54 Å². The Morgan fingerprint density at radius 1 is 1.31 bits per heavy atom. The summed E-state index contributed by atoms with van der Waals surface area (Å²) in [7, 11) is 3.87. The smallest absolute Gasteiger partial charge is 0.106 e. The third-order valence-electron chi connectivity index (χ3n) is 3.04. The minimum atomic E-state index is -0.403. The molecule has 0 saturated heterocycles. The average molecular weight is 237 g/mol. The van der Waals surface area contributed by atoms with Gasteiger partial charge in [0.15, 0.2) is 0 Å². The molecule has 1 aromatic carbocycles. The van der Waals surface area contributed by atoms with Crippen LogP contribution < -0.4 is 0 Å². The van der Waals surface area contributed by atoms with Crippen molar-refractivity contribution >= 4 is 11.6 Å². The predicted molar refractivity (Wildman–Crippen MR) is 67.5 cm³/mol. The SMILES string of the molecule is CN(C)C(C)(C#N)CCc1ccc(Cl)cc1. The van der Waals surface area contributed by atoms with Gasteiger partial charge in [-0.05, 0) is 51.6 Å². The van der Waals surface area contributed by atoms with Crippen molar-refractivity contribution < 1.29 is 0 Å². The average Bonchev–Trinajstić information content (AvgIpc) is 2.27. The molecule has 0 aliphatic rings. The van der Waals surface area contributed by atoms with E-state index in [1.54, 1.807) is 0 Å². The monoisotopic (exact) mass is 236 g/mol. The molecule has 0 radical (unpaired) electrons. The third-order valence-corrected chi connectivity index (χ3v) is 3.29.